The lowest BCUT2D eigenvalue weighted by atomic mass is 10.1. The number of ether oxygens (including phenoxy) is 2. The number of rotatable bonds is 4. The van der Waals surface area contributed by atoms with Gasteiger partial charge >= 0.3 is 5.97 Å². The maximum absolute atomic E-state index is 11.5. The second kappa shape index (κ2) is 6.18. The summed E-state index contributed by atoms with van der Waals surface area (Å²) >= 11 is 0. The monoisotopic (exact) mass is 262 g/mol. The van der Waals surface area contributed by atoms with E-state index < -0.39 is 11.6 Å². The molecule has 1 aromatic rings. The third-order valence-corrected chi connectivity index (χ3v) is 2.20. The molecule has 1 aromatic carbocycles. The van der Waals surface area contributed by atoms with E-state index in [9.17, 15) is 9.59 Å². The highest BCUT2D eigenvalue weighted by atomic mass is 16.6. The number of carbonyl (C=O) groups is 2. The zero-order chi connectivity index (χ0) is 14.5. The standard InChI is InChI=1S/C15H18O4/c1-15(2,3)19-14(17)8-6-11-5-7-12(10-16)13(9-11)18-4/h5-10H,1-4H3. The molecule has 0 saturated heterocycles. The Labute approximate surface area is 113 Å². The predicted octanol–water partition coefficient (Wildman–Crippen LogP) is 2.86. The smallest absolute Gasteiger partial charge is 0.331 e. The first-order valence-corrected chi connectivity index (χ1v) is 5.90. The molecule has 0 heterocycles. The van der Waals surface area contributed by atoms with Gasteiger partial charge in [-0.05, 0) is 44.5 Å². The van der Waals surface area contributed by atoms with Crippen molar-refractivity contribution >= 4 is 18.3 Å². The van der Waals surface area contributed by atoms with Gasteiger partial charge in [0.1, 0.15) is 11.4 Å². The normalized spacial score (nSPS) is 11.4. The van der Waals surface area contributed by atoms with Crippen molar-refractivity contribution in [2.45, 2.75) is 26.4 Å². The van der Waals surface area contributed by atoms with E-state index in [0.29, 0.717) is 11.3 Å². The largest absolute Gasteiger partial charge is 0.496 e. The lowest BCUT2D eigenvalue weighted by Gasteiger charge is -2.17. The van der Waals surface area contributed by atoms with Crippen LogP contribution in [0, 0.1) is 0 Å². The summed E-state index contributed by atoms with van der Waals surface area (Å²) in [5, 5.41) is 0. The van der Waals surface area contributed by atoms with Crippen LogP contribution in [0.4, 0.5) is 0 Å². The molecule has 4 nitrogen and oxygen atoms in total. The molecule has 0 spiro atoms. The summed E-state index contributed by atoms with van der Waals surface area (Å²) in [5.74, 6) is 0.0623. The van der Waals surface area contributed by atoms with Crippen molar-refractivity contribution in [3.63, 3.8) is 0 Å². The van der Waals surface area contributed by atoms with Gasteiger partial charge in [-0.25, -0.2) is 4.79 Å². The summed E-state index contributed by atoms with van der Waals surface area (Å²) < 4.78 is 10.2. The molecule has 0 aromatic heterocycles. The Morgan fingerprint density at radius 2 is 1.95 bits per heavy atom. The van der Waals surface area contributed by atoms with Crippen LogP contribution in [0.25, 0.3) is 6.08 Å². The van der Waals surface area contributed by atoms with E-state index in [1.54, 1.807) is 45.0 Å². The first kappa shape index (κ1) is 15.0. The highest BCUT2D eigenvalue weighted by molar-refractivity contribution is 5.88. The molecular weight excluding hydrogens is 244 g/mol. The lowest BCUT2D eigenvalue weighted by molar-refractivity contribution is -0.148. The summed E-state index contributed by atoms with van der Waals surface area (Å²) in [6, 6.07) is 5.05. The van der Waals surface area contributed by atoms with Crippen molar-refractivity contribution in [3.8, 4) is 5.75 Å². The van der Waals surface area contributed by atoms with E-state index in [4.69, 9.17) is 9.47 Å². The van der Waals surface area contributed by atoms with Crippen molar-refractivity contribution in [3.05, 3.63) is 35.4 Å². The Hall–Kier alpha value is -2.10. The third kappa shape index (κ3) is 4.95. The maximum atomic E-state index is 11.5. The van der Waals surface area contributed by atoms with E-state index >= 15 is 0 Å². The van der Waals surface area contributed by atoms with Gasteiger partial charge in [0.15, 0.2) is 6.29 Å². The summed E-state index contributed by atoms with van der Waals surface area (Å²) in [7, 11) is 1.49. The zero-order valence-corrected chi connectivity index (χ0v) is 11.6. The van der Waals surface area contributed by atoms with Crippen LogP contribution in [0.1, 0.15) is 36.7 Å². The van der Waals surface area contributed by atoms with Gasteiger partial charge in [0.25, 0.3) is 0 Å². The molecule has 102 valence electrons. The quantitative estimate of drug-likeness (QED) is 0.475. The SMILES string of the molecule is COc1cc(C=CC(=O)OC(C)(C)C)ccc1C=O. The zero-order valence-electron chi connectivity index (χ0n) is 11.6. The second-order valence-electron chi connectivity index (χ2n) is 4.99. The molecule has 0 radical (unpaired) electrons. The van der Waals surface area contributed by atoms with E-state index in [2.05, 4.69) is 0 Å². The number of aldehydes is 1. The first-order valence-electron chi connectivity index (χ1n) is 5.90. The third-order valence-electron chi connectivity index (χ3n) is 2.20. The van der Waals surface area contributed by atoms with Gasteiger partial charge in [-0.15, -0.1) is 0 Å². The molecule has 0 aliphatic carbocycles. The second-order valence-corrected chi connectivity index (χ2v) is 4.99. The molecule has 0 N–H and O–H groups in total. The van der Waals surface area contributed by atoms with Gasteiger partial charge in [0.2, 0.25) is 0 Å². The molecule has 0 fully saturated rings. The molecule has 0 aliphatic rings. The highest BCUT2D eigenvalue weighted by Crippen LogP contribution is 2.19. The Morgan fingerprint density at radius 1 is 1.26 bits per heavy atom. The average Bonchev–Trinajstić information content (AvgIpc) is 2.33. The van der Waals surface area contributed by atoms with Crippen LogP contribution in [0.5, 0.6) is 5.75 Å². The minimum atomic E-state index is -0.513. The van der Waals surface area contributed by atoms with Crippen molar-refractivity contribution < 1.29 is 19.1 Å². The molecule has 0 aliphatic heterocycles. The fourth-order valence-corrected chi connectivity index (χ4v) is 1.43. The average molecular weight is 262 g/mol. The molecule has 0 unspecified atom stereocenters. The van der Waals surface area contributed by atoms with Crippen LogP contribution in [0.15, 0.2) is 24.3 Å². The molecule has 1 rings (SSSR count). The summed E-state index contributed by atoms with van der Waals surface area (Å²) in [4.78, 5) is 22.3. The number of carbonyl (C=O) groups excluding carboxylic acids is 2. The first-order chi connectivity index (χ1) is 8.85. The summed E-state index contributed by atoms with van der Waals surface area (Å²) in [6.45, 7) is 5.42. The molecule has 4 heteroatoms. The van der Waals surface area contributed by atoms with Gasteiger partial charge in [-0.1, -0.05) is 6.07 Å². The maximum Gasteiger partial charge on any atom is 0.331 e. The Kier molecular flexibility index (Phi) is 4.87. The highest BCUT2D eigenvalue weighted by Gasteiger charge is 2.13. The van der Waals surface area contributed by atoms with Crippen molar-refractivity contribution in [1.29, 1.82) is 0 Å². The van der Waals surface area contributed by atoms with Crippen LogP contribution in [0.3, 0.4) is 0 Å². The van der Waals surface area contributed by atoms with E-state index in [1.165, 1.54) is 13.2 Å². The van der Waals surface area contributed by atoms with Crippen molar-refractivity contribution in [2.24, 2.45) is 0 Å². The van der Waals surface area contributed by atoms with Gasteiger partial charge in [0.05, 0.1) is 12.7 Å². The molecule has 0 amide bonds. The Bertz CT molecular complexity index is 495. The fourth-order valence-electron chi connectivity index (χ4n) is 1.43. The summed E-state index contributed by atoms with van der Waals surface area (Å²) in [6.07, 6.45) is 3.69. The number of hydrogen-bond acceptors (Lipinski definition) is 4. The molecule has 0 bridgehead atoms. The van der Waals surface area contributed by atoms with Crippen LogP contribution < -0.4 is 4.74 Å². The summed E-state index contributed by atoms with van der Waals surface area (Å²) in [5.41, 5.74) is 0.714. The van der Waals surface area contributed by atoms with Gasteiger partial charge in [-0.2, -0.15) is 0 Å². The topological polar surface area (TPSA) is 52.6 Å². The number of benzene rings is 1. The number of hydrogen-bond donors (Lipinski definition) is 0. The Morgan fingerprint density at radius 3 is 2.47 bits per heavy atom. The van der Waals surface area contributed by atoms with E-state index in [1.807, 2.05) is 0 Å². The van der Waals surface area contributed by atoms with Crippen LogP contribution in [0.2, 0.25) is 0 Å². The van der Waals surface area contributed by atoms with Crippen molar-refractivity contribution in [1.82, 2.24) is 0 Å². The van der Waals surface area contributed by atoms with Gasteiger partial charge in [0, 0.05) is 6.08 Å². The van der Waals surface area contributed by atoms with Crippen LogP contribution in [-0.2, 0) is 9.53 Å². The van der Waals surface area contributed by atoms with E-state index in [-0.39, 0.29) is 0 Å². The number of methoxy groups -OCH3 is 1. The molecule has 0 atom stereocenters. The Balaban J connectivity index is 2.82. The minimum absolute atomic E-state index is 0.411. The van der Waals surface area contributed by atoms with Crippen LogP contribution in [-0.4, -0.2) is 25.0 Å². The number of esters is 1. The van der Waals surface area contributed by atoms with Crippen LogP contribution >= 0.6 is 0 Å². The molecule has 19 heavy (non-hydrogen) atoms. The van der Waals surface area contributed by atoms with E-state index in [0.717, 1.165) is 11.8 Å². The minimum Gasteiger partial charge on any atom is -0.496 e. The van der Waals surface area contributed by atoms with Gasteiger partial charge in [-0.3, -0.25) is 4.79 Å². The molecule has 0 saturated carbocycles. The fraction of sp³-hybridized carbons (Fsp3) is 0.333. The van der Waals surface area contributed by atoms with Gasteiger partial charge < -0.3 is 9.47 Å². The lowest BCUT2D eigenvalue weighted by Crippen LogP contribution is -2.22. The predicted molar refractivity (Wildman–Crippen MR) is 73.3 cm³/mol. The molecular formula is C15H18O4. The van der Waals surface area contributed by atoms with Crippen molar-refractivity contribution in [2.75, 3.05) is 7.11 Å².